The van der Waals surface area contributed by atoms with Crippen molar-refractivity contribution in [3.05, 3.63) is 122 Å². The lowest BCUT2D eigenvalue weighted by Gasteiger charge is -2.40. The molecule has 1 aromatic heterocycles. The average Bonchev–Trinajstić information content (AvgIpc) is 3.72. The van der Waals surface area contributed by atoms with Crippen LogP contribution in [0.25, 0.3) is 10.9 Å². The molecule has 47 heavy (non-hydrogen) atoms. The molecule has 11 heteroatoms. The van der Waals surface area contributed by atoms with Crippen molar-refractivity contribution in [3.8, 4) is 5.75 Å². The summed E-state index contributed by atoms with van der Waals surface area (Å²) >= 11 is 12.9. The maximum Gasteiger partial charge on any atom is 0.336 e. The van der Waals surface area contributed by atoms with E-state index in [1.165, 1.54) is 6.07 Å². The normalized spacial score (nSPS) is 22.8. The third kappa shape index (κ3) is 4.26. The number of fused-ring (bicyclic) bond motifs is 7. The van der Waals surface area contributed by atoms with Gasteiger partial charge in [-0.2, -0.15) is 5.10 Å². The fraction of sp³-hybridized carbons (Fsp3) is 0.250. The van der Waals surface area contributed by atoms with Crippen LogP contribution in [-0.2, 0) is 23.3 Å². The number of aromatic carboxylic acids is 1. The number of aryl methyl sites for hydroxylation is 1. The average molecular weight is 672 g/mol. The maximum atomic E-state index is 16.4. The minimum atomic E-state index is -1.37. The highest BCUT2D eigenvalue weighted by Gasteiger charge is 2.69. The summed E-state index contributed by atoms with van der Waals surface area (Å²) in [5.41, 5.74) is 3.33. The smallest absolute Gasteiger partial charge is 0.336 e. The van der Waals surface area contributed by atoms with E-state index in [0.29, 0.717) is 58.2 Å². The molecule has 3 aliphatic heterocycles. The number of ether oxygens (including phenoxy) is 1. The number of hydrogen-bond acceptors (Lipinski definition) is 5. The summed E-state index contributed by atoms with van der Waals surface area (Å²) in [6.07, 6.45) is 0.495. The number of carboxylic acid groups (broad SMARTS) is 1. The van der Waals surface area contributed by atoms with E-state index < -0.39 is 29.3 Å². The third-order valence-corrected chi connectivity index (χ3v) is 10.5. The van der Waals surface area contributed by atoms with Gasteiger partial charge in [-0.05, 0) is 73.0 Å². The molecule has 1 amide bonds. The number of carbonyl (C=O) groups is 2. The summed E-state index contributed by atoms with van der Waals surface area (Å²) in [4.78, 5) is 28.9. The Balaban J connectivity index is 1.41. The van der Waals surface area contributed by atoms with Crippen LogP contribution in [0.5, 0.6) is 5.75 Å². The van der Waals surface area contributed by atoms with Crippen LogP contribution < -0.4 is 10.1 Å². The first-order valence-corrected chi connectivity index (χ1v) is 16.2. The Bertz CT molecular complexity index is 2150. The highest BCUT2D eigenvalue weighted by atomic mass is 35.5. The van der Waals surface area contributed by atoms with Crippen LogP contribution in [0.1, 0.15) is 57.2 Å². The van der Waals surface area contributed by atoms with Crippen molar-refractivity contribution in [3.63, 3.8) is 0 Å². The molecule has 1 fully saturated rings. The Kier molecular flexibility index (Phi) is 6.88. The highest BCUT2D eigenvalue weighted by Crippen LogP contribution is 2.64. The molecule has 3 aliphatic rings. The molecule has 4 aromatic carbocycles. The van der Waals surface area contributed by atoms with E-state index in [1.807, 2.05) is 48.0 Å². The number of carbonyl (C=O) groups excluding carboxylic acids is 1. The molecule has 4 heterocycles. The fourth-order valence-corrected chi connectivity index (χ4v) is 8.57. The number of hydrogen-bond donors (Lipinski definition) is 2. The monoisotopic (exact) mass is 670 g/mol. The van der Waals surface area contributed by atoms with Crippen LogP contribution in [0.4, 0.5) is 10.1 Å². The van der Waals surface area contributed by atoms with Gasteiger partial charge in [0.1, 0.15) is 17.1 Å². The summed E-state index contributed by atoms with van der Waals surface area (Å²) in [5, 5.41) is 19.1. The largest absolute Gasteiger partial charge is 0.494 e. The molecule has 0 saturated carbocycles. The maximum absolute atomic E-state index is 16.4. The number of halogens is 3. The second kappa shape index (κ2) is 10.8. The van der Waals surface area contributed by atoms with Gasteiger partial charge in [0, 0.05) is 52.3 Å². The summed E-state index contributed by atoms with van der Waals surface area (Å²) in [6.45, 7) is 4.55. The van der Waals surface area contributed by atoms with E-state index in [9.17, 15) is 14.7 Å². The van der Waals surface area contributed by atoms with Crippen molar-refractivity contribution in [1.82, 2.24) is 14.7 Å². The minimum Gasteiger partial charge on any atom is -0.494 e. The van der Waals surface area contributed by atoms with E-state index in [2.05, 4.69) is 10.2 Å². The van der Waals surface area contributed by atoms with Crippen LogP contribution in [0.15, 0.2) is 72.8 Å². The summed E-state index contributed by atoms with van der Waals surface area (Å²) in [7, 11) is 0. The summed E-state index contributed by atoms with van der Waals surface area (Å²) < 4.78 is 24.1. The number of nitrogens with one attached hydrogen (secondary N) is 1. The van der Waals surface area contributed by atoms with Crippen molar-refractivity contribution in [2.24, 2.45) is 0 Å². The Hall–Kier alpha value is -4.44. The van der Waals surface area contributed by atoms with Crippen molar-refractivity contribution < 1.29 is 23.8 Å². The highest BCUT2D eigenvalue weighted by molar-refractivity contribution is 6.31. The van der Waals surface area contributed by atoms with Crippen molar-refractivity contribution in [1.29, 1.82) is 0 Å². The standard InChI is InChI=1S/C36H29Cl2FN4O4/c1-3-47-21-7-4-6-19(13-21)17-42-30-16-29-24-12-18(2)23(34(44)45)15-27(24)41-43(29)33(30)31(22-8-5-9-26(38)32(22)39)36(42)25-11-10-20(37)14-28(25)40-35(36)46/h4-15,30-31,33H,3,16-17H2,1-2H3,(H,40,46)(H,44,45)/t30-,31-,33+,36+/m0/s1. The molecule has 2 N–H and O–H groups in total. The number of rotatable bonds is 6. The quantitative estimate of drug-likeness (QED) is 0.194. The van der Waals surface area contributed by atoms with Crippen molar-refractivity contribution in [2.75, 3.05) is 11.9 Å². The van der Waals surface area contributed by atoms with E-state index in [1.54, 1.807) is 37.3 Å². The molecule has 5 aromatic rings. The molecule has 8 nitrogen and oxygen atoms in total. The number of amides is 1. The van der Waals surface area contributed by atoms with Crippen molar-refractivity contribution >= 4 is 51.7 Å². The number of benzene rings is 4. The number of carboxylic acids is 1. The van der Waals surface area contributed by atoms with Gasteiger partial charge in [-0.3, -0.25) is 14.4 Å². The molecule has 8 rings (SSSR count). The van der Waals surface area contributed by atoms with Gasteiger partial charge in [-0.15, -0.1) is 0 Å². The lowest BCUT2D eigenvalue weighted by molar-refractivity contribution is -0.128. The first kappa shape index (κ1) is 29.9. The molecular weight excluding hydrogens is 642 g/mol. The van der Waals surface area contributed by atoms with E-state index in [0.717, 1.165) is 16.6 Å². The van der Waals surface area contributed by atoms with Crippen LogP contribution >= 0.6 is 23.2 Å². The molecule has 0 radical (unpaired) electrons. The fourth-order valence-electron chi connectivity index (χ4n) is 8.21. The van der Waals surface area contributed by atoms with Gasteiger partial charge in [-0.25, -0.2) is 9.18 Å². The van der Waals surface area contributed by atoms with Crippen molar-refractivity contribution in [2.45, 2.75) is 50.4 Å². The molecule has 1 spiro atoms. The lowest BCUT2D eigenvalue weighted by Crippen LogP contribution is -2.52. The van der Waals surface area contributed by atoms with Gasteiger partial charge in [0.05, 0.1) is 28.8 Å². The van der Waals surface area contributed by atoms with Gasteiger partial charge >= 0.3 is 5.97 Å². The number of nitrogens with zero attached hydrogens (tertiary/aromatic N) is 3. The zero-order valence-electron chi connectivity index (χ0n) is 25.4. The summed E-state index contributed by atoms with van der Waals surface area (Å²) in [5.74, 6) is -1.99. The predicted octanol–water partition coefficient (Wildman–Crippen LogP) is 7.50. The topological polar surface area (TPSA) is 96.7 Å². The number of likely N-dealkylation sites (tertiary alicyclic amines) is 1. The third-order valence-electron chi connectivity index (χ3n) is 9.97. The molecule has 0 aliphatic carbocycles. The molecule has 1 saturated heterocycles. The van der Waals surface area contributed by atoms with E-state index in [4.69, 9.17) is 33.0 Å². The Morgan fingerprint density at radius 2 is 1.94 bits per heavy atom. The second-order valence-corrected chi connectivity index (χ2v) is 13.2. The van der Waals surface area contributed by atoms with E-state index >= 15 is 4.39 Å². The van der Waals surface area contributed by atoms with Crippen LogP contribution in [0.2, 0.25) is 10.0 Å². The molecule has 0 unspecified atom stereocenters. The van der Waals surface area contributed by atoms with Crippen LogP contribution in [0, 0.1) is 12.7 Å². The van der Waals surface area contributed by atoms with Gasteiger partial charge in [0.15, 0.2) is 0 Å². The van der Waals surface area contributed by atoms with Crippen LogP contribution in [0.3, 0.4) is 0 Å². The second-order valence-electron chi connectivity index (χ2n) is 12.4. The SMILES string of the molecule is CCOc1cccc(CN2[C@H]3Cc4c5cc(C)c(C(=O)O)cc5nn4[C@H]3[C@H](c3cccc(Cl)c3F)[C@]23C(=O)Nc2cc(Cl)ccc23)c1. The Morgan fingerprint density at radius 1 is 1.13 bits per heavy atom. The first-order valence-electron chi connectivity index (χ1n) is 15.4. The van der Waals surface area contributed by atoms with Gasteiger partial charge in [0.2, 0.25) is 5.91 Å². The Morgan fingerprint density at radius 3 is 2.72 bits per heavy atom. The first-order chi connectivity index (χ1) is 22.6. The molecule has 4 atom stereocenters. The number of anilines is 1. The molecule has 238 valence electrons. The molecule has 0 bridgehead atoms. The zero-order valence-corrected chi connectivity index (χ0v) is 26.9. The summed E-state index contributed by atoms with van der Waals surface area (Å²) in [6, 6.07) is 20.6. The lowest BCUT2D eigenvalue weighted by atomic mass is 9.73. The minimum absolute atomic E-state index is 0.0441. The zero-order chi connectivity index (χ0) is 32.8. The molecular formula is C36H29Cl2FN4O4. The van der Waals surface area contributed by atoms with Gasteiger partial charge in [0.25, 0.3) is 0 Å². The predicted molar refractivity (Wildman–Crippen MR) is 177 cm³/mol. The Labute approximate surface area is 279 Å². The number of aromatic nitrogens is 2. The van der Waals surface area contributed by atoms with Gasteiger partial charge in [-0.1, -0.05) is 53.5 Å². The van der Waals surface area contributed by atoms with Crippen LogP contribution in [-0.4, -0.2) is 44.3 Å². The van der Waals surface area contributed by atoms with E-state index in [-0.39, 0.29) is 22.5 Å². The van der Waals surface area contributed by atoms with Gasteiger partial charge < -0.3 is 15.2 Å².